The third-order valence-corrected chi connectivity index (χ3v) is 4.97. The molecule has 4 nitrogen and oxygen atoms in total. The van der Waals surface area contributed by atoms with Gasteiger partial charge in [-0.25, -0.2) is 4.39 Å². The Morgan fingerprint density at radius 3 is 2.58 bits per heavy atom. The van der Waals surface area contributed by atoms with E-state index in [1.54, 1.807) is 28.8 Å². The first-order valence-electron chi connectivity index (χ1n) is 7.01. The van der Waals surface area contributed by atoms with Crippen LogP contribution >= 0.6 is 34.5 Å². The van der Waals surface area contributed by atoms with Gasteiger partial charge in [0.1, 0.15) is 10.8 Å². The van der Waals surface area contributed by atoms with Gasteiger partial charge in [0.2, 0.25) is 4.96 Å². The summed E-state index contributed by atoms with van der Waals surface area (Å²) in [7, 11) is 0. The van der Waals surface area contributed by atoms with Crippen molar-refractivity contribution < 1.29 is 4.39 Å². The van der Waals surface area contributed by atoms with Crippen LogP contribution in [0.2, 0.25) is 10.0 Å². The van der Waals surface area contributed by atoms with Crippen molar-refractivity contribution in [3.63, 3.8) is 0 Å². The van der Waals surface area contributed by atoms with Crippen molar-refractivity contribution in [1.82, 2.24) is 19.8 Å². The molecule has 120 valence electrons. The van der Waals surface area contributed by atoms with Crippen molar-refractivity contribution >= 4 is 39.5 Å². The molecule has 4 rings (SSSR count). The van der Waals surface area contributed by atoms with Crippen molar-refractivity contribution in [2.45, 2.75) is 6.42 Å². The highest BCUT2D eigenvalue weighted by atomic mass is 35.5. The van der Waals surface area contributed by atoms with Crippen molar-refractivity contribution in [3.8, 4) is 10.6 Å². The molecule has 0 saturated carbocycles. The van der Waals surface area contributed by atoms with Crippen LogP contribution in [-0.2, 0) is 6.42 Å². The van der Waals surface area contributed by atoms with E-state index in [0.29, 0.717) is 27.3 Å². The Morgan fingerprint density at radius 2 is 1.83 bits per heavy atom. The summed E-state index contributed by atoms with van der Waals surface area (Å²) in [5.74, 6) is 0.419. The van der Waals surface area contributed by atoms with Gasteiger partial charge in [-0.15, -0.1) is 10.2 Å². The lowest BCUT2D eigenvalue weighted by atomic mass is 10.1. The predicted octanol–water partition coefficient (Wildman–Crippen LogP) is 4.89. The molecule has 8 heteroatoms. The molecule has 0 saturated heterocycles. The number of hydrogen-bond acceptors (Lipinski definition) is 4. The number of aromatic nitrogens is 4. The Bertz CT molecular complexity index is 1030. The Hall–Kier alpha value is -2.02. The summed E-state index contributed by atoms with van der Waals surface area (Å²) in [5.41, 5.74) is 1.73. The van der Waals surface area contributed by atoms with E-state index >= 15 is 0 Å². The highest BCUT2D eigenvalue weighted by molar-refractivity contribution is 7.19. The number of rotatable bonds is 3. The molecule has 2 aromatic heterocycles. The first kappa shape index (κ1) is 15.5. The first-order valence-corrected chi connectivity index (χ1v) is 8.58. The van der Waals surface area contributed by atoms with Crippen molar-refractivity contribution in [2.24, 2.45) is 0 Å². The van der Waals surface area contributed by atoms with E-state index in [1.807, 2.05) is 6.07 Å². The van der Waals surface area contributed by atoms with Gasteiger partial charge in [-0.1, -0.05) is 46.7 Å². The summed E-state index contributed by atoms with van der Waals surface area (Å²) in [6.45, 7) is 0. The molecular formula is C16H9Cl2FN4S. The van der Waals surface area contributed by atoms with Crippen molar-refractivity contribution in [3.05, 3.63) is 69.7 Å². The maximum absolute atomic E-state index is 13.0. The molecule has 0 bridgehead atoms. The average Bonchev–Trinajstić information content (AvgIpc) is 3.11. The number of nitrogens with zero attached hydrogens (tertiary/aromatic N) is 4. The molecule has 24 heavy (non-hydrogen) atoms. The SMILES string of the molecule is Fc1ccc(Cc2nnc3sc(-c4ccc(Cl)cc4Cl)nn23)cc1. The molecule has 0 N–H and O–H groups in total. The van der Waals surface area contributed by atoms with Crippen LogP contribution < -0.4 is 0 Å². The summed E-state index contributed by atoms with van der Waals surface area (Å²) in [5, 5.41) is 14.7. The lowest BCUT2D eigenvalue weighted by molar-refractivity contribution is 0.627. The van der Waals surface area contributed by atoms with Gasteiger partial charge in [0.25, 0.3) is 0 Å². The van der Waals surface area contributed by atoms with Gasteiger partial charge in [-0.05, 0) is 35.9 Å². The normalized spacial score (nSPS) is 11.3. The maximum atomic E-state index is 13.0. The van der Waals surface area contributed by atoms with E-state index in [2.05, 4.69) is 15.3 Å². The third-order valence-electron chi connectivity index (χ3n) is 3.49. The minimum atomic E-state index is -0.265. The molecular weight excluding hydrogens is 370 g/mol. The minimum absolute atomic E-state index is 0.265. The molecule has 4 aromatic rings. The van der Waals surface area contributed by atoms with E-state index in [4.69, 9.17) is 23.2 Å². The molecule has 0 unspecified atom stereocenters. The molecule has 0 aliphatic heterocycles. The van der Waals surface area contributed by atoms with E-state index in [0.717, 1.165) is 16.1 Å². The predicted molar refractivity (Wildman–Crippen MR) is 93.3 cm³/mol. The molecule has 2 aromatic carbocycles. The Morgan fingerprint density at radius 1 is 1.04 bits per heavy atom. The van der Waals surface area contributed by atoms with E-state index in [9.17, 15) is 4.39 Å². The maximum Gasteiger partial charge on any atom is 0.234 e. The van der Waals surface area contributed by atoms with E-state index < -0.39 is 0 Å². The molecule has 0 aliphatic rings. The van der Waals surface area contributed by atoms with Crippen LogP contribution in [0.3, 0.4) is 0 Å². The molecule has 0 amide bonds. The quantitative estimate of drug-likeness (QED) is 0.509. The summed E-state index contributed by atoms with van der Waals surface area (Å²) in [6, 6.07) is 11.6. The van der Waals surface area contributed by atoms with Gasteiger partial charge in [0.05, 0.1) is 5.02 Å². The van der Waals surface area contributed by atoms with Crippen LogP contribution in [0.5, 0.6) is 0 Å². The number of benzene rings is 2. The highest BCUT2D eigenvalue weighted by Crippen LogP contribution is 2.33. The number of hydrogen-bond donors (Lipinski definition) is 0. The van der Waals surface area contributed by atoms with Gasteiger partial charge < -0.3 is 0 Å². The molecule has 0 spiro atoms. The van der Waals surface area contributed by atoms with Gasteiger partial charge in [-0.2, -0.15) is 9.61 Å². The lowest BCUT2D eigenvalue weighted by Gasteiger charge is -2.00. The van der Waals surface area contributed by atoms with Gasteiger partial charge in [0.15, 0.2) is 5.82 Å². The zero-order valence-electron chi connectivity index (χ0n) is 12.1. The molecule has 0 aliphatic carbocycles. The fraction of sp³-hybridized carbons (Fsp3) is 0.0625. The smallest absolute Gasteiger partial charge is 0.207 e. The van der Waals surface area contributed by atoms with Crippen LogP contribution in [0.25, 0.3) is 15.5 Å². The minimum Gasteiger partial charge on any atom is -0.207 e. The van der Waals surface area contributed by atoms with Crippen LogP contribution in [-0.4, -0.2) is 19.8 Å². The van der Waals surface area contributed by atoms with Crippen molar-refractivity contribution in [1.29, 1.82) is 0 Å². The third kappa shape index (κ3) is 2.88. The molecule has 0 radical (unpaired) electrons. The van der Waals surface area contributed by atoms with Crippen LogP contribution in [0.4, 0.5) is 4.39 Å². The molecule has 2 heterocycles. The topological polar surface area (TPSA) is 43.1 Å². The molecule has 0 fully saturated rings. The molecule has 0 atom stereocenters. The zero-order chi connectivity index (χ0) is 16.7. The number of halogens is 3. The summed E-state index contributed by atoms with van der Waals surface area (Å²) < 4.78 is 14.7. The van der Waals surface area contributed by atoms with Crippen LogP contribution in [0.15, 0.2) is 42.5 Å². The van der Waals surface area contributed by atoms with Gasteiger partial charge >= 0.3 is 0 Å². The number of fused-ring (bicyclic) bond motifs is 1. The first-order chi connectivity index (χ1) is 11.6. The Kier molecular flexibility index (Phi) is 3.96. The van der Waals surface area contributed by atoms with Crippen molar-refractivity contribution in [2.75, 3.05) is 0 Å². The Labute approximate surface area is 150 Å². The Balaban J connectivity index is 1.71. The summed E-state index contributed by atoms with van der Waals surface area (Å²) >= 11 is 13.6. The zero-order valence-corrected chi connectivity index (χ0v) is 14.4. The van der Waals surface area contributed by atoms with Crippen LogP contribution in [0.1, 0.15) is 11.4 Å². The lowest BCUT2D eigenvalue weighted by Crippen LogP contribution is -1.98. The monoisotopic (exact) mass is 378 g/mol. The van der Waals surface area contributed by atoms with Gasteiger partial charge in [-0.3, -0.25) is 0 Å². The van der Waals surface area contributed by atoms with Gasteiger partial charge in [0, 0.05) is 17.0 Å². The second-order valence-electron chi connectivity index (χ2n) is 5.15. The summed E-state index contributed by atoms with van der Waals surface area (Å²) in [6.07, 6.45) is 0.513. The fourth-order valence-corrected chi connectivity index (χ4v) is 3.78. The average molecular weight is 379 g/mol. The summed E-state index contributed by atoms with van der Waals surface area (Å²) in [4.78, 5) is 0.674. The van der Waals surface area contributed by atoms with E-state index in [-0.39, 0.29) is 5.82 Å². The standard InChI is InChI=1S/C16H9Cl2FN4S/c17-10-3-6-12(13(18)8-10)15-22-23-14(20-21-16(23)24-15)7-9-1-4-11(19)5-2-9/h1-6,8H,7H2. The van der Waals surface area contributed by atoms with Crippen LogP contribution in [0, 0.1) is 5.82 Å². The largest absolute Gasteiger partial charge is 0.234 e. The van der Waals surface area contributed by atoms with E-state index in [1.165, 1.54) is 23.5 Å². The second-order valence-corrected chi connectivity index (χ2v) is 6.94. The fourth-order valence-electron chi connectivity index (χ4n) is 2.32. The highest BCUT2D eigenvalue weighted by Gasteiger charge is 2.15. The second kappa shape index (κ2) is 6.12.